The number of halogens is 4. The van der Waals surface area contributed by atoms with Gasteiger partial charge in [0, 0.05) is 26.3 Å². The van der Waals surface area contributed by atoms with Gasteiger partial charge in [-0.25, -0.2) is 8.78 Å². The van der Waals surface area contributed by atoms with Crippen molar-refractivity contribution in [1.29, 1.82) is 0 Å². The minimum atomic E-state index is -0.776. The summed E-state index contributed by atoms with van der Waals surface area (Å²) in [6.07, 6.45) is 5.40. The lowest BCUT2D eigenvalue weighted by atomic mass is 9.90. The predicted molar refractivity (Wildman–Crippen MR) is 167 cm³/mol. The fraction of sp³-hybridized carbons (Fsp3) is 0.424. The number of aryl methyl sites for hydroxylation is 1. The van der Waals surface area contributed by atoms with Crippen molar-refractivity contribution in [2.45, 2.75) is 92.0 Å². The Morgan fingerprint density at radius 3 is 2.00 bits per heavy atom. The molecule has 0 radical (unpaired) electrons. The third-order valence-corrected chi connectivity index (χ3v) is 7.28. The Bertz CT molecular complexity index is 1140. The van der Waals surface area contributed by atoms with Gasteiger partial charge in [-0.2, -0.15) is 0 Å². The van der Waals surface area contributed by atoms with Crippen LogP contribution in [0.1, 0.15) is 101 Å². The summed E-state index contributed by atoms with van der Waals surface area (Å²) in [5.74, 6) is -1.14. The van der Waals surface area contributed by atoms with Gasteiger partial charge in [0.2, 0.25) is 0 Å². The predicted octanol–water partition coefficient (Wildman–Crippen LogP) is 11.5. The number of hydrogen-bond acceptors (Lipinski definition) is 2. The van der Waals surface area contributed by atoms with E-state index in [1.165, 1.54) is 17.7 Å². The van der Waals surface area contributed by atoms with E-state index in [1.54, 1.807) is 13.0 Å². The van der Waals surface area contributed by atoms with Gasteiger partial charge < -0.3 is 5.32 Å². The summed E-state index contributed by atoms with van der Waals surface area (Å²) < 4.78 is 26.2. The summed E-state index contributed by atoms with van der Waals surface area (Å²) >= 11 is 9.09. The molecule has 1 unspecified atom stereocenters. The highest BCUT2D eigenvalue weighted by Crippen LogP contribution is 2.29. The van der Waals surface area contributed by atoms with Gasteiger partial charge in [-0.3, -0.25) is 4.79 Å². The minimum absolute atomic E-state index is 0.0501. The van der Waals surface area contributed by atoms with E-state index in [-0.39, 0.29) is 11.3 Å². The molecule has 0 spiro atoms. The van der Waals surface area contributed by atoms with Gasteiger partial charge in [0.15, 0.2) is 17.4 Å². The van der Waals surface area contributed by atoms with Crippen molar-refractivity contribution in [2.75, 3.05) is 5.32 Å². The number of carbonyl (C=O) groups excluding carboxylic acids is 1. The number of rotatable bonds is 9. The molecule has 2 nitrogen and oxygen atoms in total. The van der Waals surface area contributed by atoms with Crippen LogP contribution in [0.3, 0.4) is 0 Å². The van der Waals surface area contributed by atoms with E-state index in [4.69, 9.17) is 11.6 Å². The topological polar surface area (TPSA) is 29.1 Å². The van der Waals surface area contributed by atoms with Crippen LogP contribution >= 0.6 is 27.5 Å². The van der Waals surface area contributed by atoms with Crippen LogP contribution in [0.2, 0.25) is 5.02 Å². The molecule has 0 saturated carbocycles. The Morgan fingerprint density at radius 2 is 1.54 bits per heavy atom. The molecule has 0 aliphatic heterocycles. The first-order valence-electron chi connectivity index (χ1n) is 13.6. The summed E-state index contributed by atoms with van der Waals surface area (Å²) in [5, 5.41) is 4.40. The van der Waals surface area contributed by atoms with E-state index in [9.17, 15) is 13.6 Å². The molecular weight excluding hydrogens is 580 g/mol. The third-order valence-electron chi connectivity index (χ3n) is 6.54. The molecule has 6 heteroatoms. The maximum absolute atomic E-state index is 12.7. The molecule has 0 fully saturated rings. The fourth-order valence-corrected chi connectivity index (χ4v) is 4.68. The van der Waals surface area contributed by atoms with Crippen LogP contribution in [0.4, 0.5) is 14.5 Å². The zero-order chi connectivity index (χ0) is 29.6. The lowest BCUT2D eigenvalue weighted by Gasteiger charge is -2.32. The zero-order valence-corrected chi connectivity index (χ0v) is 26.6. The monoisotopic (exact) mass is 621 g/mol. The summed E-state index contributed by atoms with van der Waals surface area (Å²) in [4.78, 5) is 11.7. The molecule has 0 bridgehead atoms. The van der Waals surface area contributed by atoms with E-state index in [1.807, 2.05) is 63.2 Å². The van der Waals surface area contributed by atoms with Gasteiger partial charge in [0.1, 0.15) is 0 Å². The molecule has 0 saturated heterocycles. The first-order chi connectivity index (χ1) is 18.3. The molecule has 3 rings (SSSR count). The molecule has 0 aromatic heterocycles. The zero-order valence-electron chi connectivity index (χ0n) is 24.3. The molecule has 0 amide bonds. The normalized spacial score (nSPS) is 11.5. The number of Topliss-reactive ketones (excluding diaryl/α,β-unsaturated/α-hetero) is 1. The van der Waals surface area contributed by atoms with Crippen LogP contribution < -0.4 is 5.32 Å². The second-order valence-electron chi connectivity index (χ2n) is 10.2. The Morgan fingerprint density at radius 1 is 0.949 bits per heavy atom. The average Bonchev–Trinajstić information content (AvgIpc) is 2.88. The van der Waals surface area contributed by atoms with E-state index >= 15 is 0 Å². The van der Waals surface area contributed by atoms with Gasteiger partial charge in [0.05, 0.1) is 0 Å². The Hall–Kier alpha value is -2.24. The van der Waals surface area contributed by atoms with E-state index < -0.39 is 11.6 Å². The first kappa shape index (κ1) is 34.8. The van der Waals surface area contributed by atoms with Crippen LogP contribution in [0.5, 0.6) is 0 Å². The lowest BCUT2D eigenvalue weighted by molar-refractivity contribution is 0.101. The largest absolute Gasteiger partial charge is 0.379 e. The van der Waals surface area contributed by atoms with Crippen molar-refractivity contribution >= 4 is 39.0 Å². The lowest BCUT2D eigenvalue weighted by Crippen LogP contribution is -2.35. The number of nitrogens with one attached hydrogen (secondary N) is 1. The van der Waals surface area contributed by atoms with Gasteiger partial charge in [-0.1, -0.05) is 91.8 Å². The van der Waals surface area contributed by atoms with E-state index in [0.29, 0.717) is 5.92 Å². The molecule has 214 valence electrons. The van der Waals surface area contributed by atoms with Gasteiger partial charge >= 0.3 is 0 Å². The van der Waals surface area contributed by atoms with Crippen molar-refractivity contribution in [3.63, 3.8) is 0 Å². The number of anilines is 1. The highest BCUT2D eigenvalue weighted by atomic mass is 79.9. The smallest absolute Gasteiger partial charge is 0.161 e. The summed E-state index contributed by atoms with van der Waals surface area (Å²) in [7, 11) is 0. The molecule has 0 aliphatic carbocycles. The molecule has 1 N–H and O–H groups in total. The summed E-state index contributed by atoms with van der Waals surface area (Å²) in [6.45, 7) is 14.3. The standard InChI is InChI=1S/C16H24BrNO.C10H12F2.C7H7Cl/c1-5-9-16(4,10-6-2)18-15-11-13(17)7-8-14(15)12(3)19;1-3-7(2)8-4-5-9(11)10(12)6-8;1-6-2-4-7(8)5-3-6/h7-8,11,18H,5-6,9-10H2,1-4H3;4-7H,3H2,1-2H3;2-5H,1H3. The SMILES string of the molecule is CCC(C)c1ccc(F)c(F)c1.CCCC(C)(CCC)Nc1cc(Br)ccc1C(C)=O.Cc1ccc(Cl)cc1. The van der Waals surface area contributed by atoms with Crippen LogP contribution in [-0.2, 0) is 0 Å². The Balaban J connectivity index is 0.000000322. The molecular formula is C33H43BrClF2NO. The molecule has 3 aromatic carbocycles. The Labute approximate surface area is 247 Å². The van der Waals surface area contributed by atoms with E-state index in [2.05, 4.69) is 42.0 Å². The molecule has 0 heterocycles. The van der Waals surface area contributed by atoms with Crippen LogP contribution in [0.25, 0.3) is 0 Å². The van der Waals surface area contributed by atoms with Crippen LogP contribution in [-0.4, -0.2) is 11.3 Å². The second kappa shape index (κ2) is 17.5. The van der Waals surface area contributed by atoms with Gasteiger partial charge in [-0.15, -0.1) is 0 Å². The Kier molecular flexibility index (Phi) is 15.6. The maximum Gasteiger partial charge on any atom is 0.161 e. The minimum Gasteiger partial charge on any atom is -0.379 e. The quantitative estimate of drug-likeness (QED) is 0.241. The maximum atomic E-state index is 12.7. The van der Waals surface area contributed by atoms with Crippen LogP contribution in [0, 0.1) is 18.6 Å². The molecule has 1 atom stereocenters. The number of benzene rings is 3. The van der Waals surface area contributed by atoms with Gasteiger partial charge in [0.25, 0.3) is 0 Å². The molecule has 39 heavy (non-hydrogen) atoms. The van der Waals surface area contributed by atoms with Crippen molar-refractivity contribution in [3.8, 4) is 0 Å². The highest BCUT2D eigenvalue weighted by Gasteiger charge is 2.23. The summed E-state index contributed by atoms with van der Waals surface area (Å²) in [6, 6.07) is 17.6. The number of hydrogen-bond donors (Lipinski definition) is 1. The first-order valence-corrected chi connectivity index (χ1v) is 14.8. The van der Waals surface area contributed by atoms with Gasteiger partial charge in [-0.05, 0) is 94.0 Å². The van der Waals surface area contributed by atoms with Crippen molar-refractivity contribution in [3.05, 3.63) is 98.5 Å². The van der Waals surface area contributed by atoms with Crippen molar-refractivity contribution in [1.82, 2.24) is 0 Å². The fourth-order valence-electron chi connectivity index (χ4n) is 4.19. The van der Waals surface area contributed by atoms with Crippen LogP contribution in [0.15, 0.2) is 65.1 Å². The summed E-state index contributed by atoms with van der Waals surface area (Å²) in [5.41, 5.74) is 3.85. The average molecular weight is 623 g/mol. The van der Waals surface area contributed by atoms with Crippen molar-refractivity contribution in [2.24, 2.45) is 0 Å². The highest BCUT2D eigenvalue weighted by molar-refractivity contribution is 9.10. The number of carbonyl (C=O) groups is 1. The molecule has 3 aromatic rings. The number of ketones is 1. The molecule has 0 aliphatic rings. The third kappa shape index (κ3) is 12.7. The van der Waals surface area contributed by atoms with Crippen molar-refractivity contribution < 1.29 is 13.6 Å². The second-order valence-corrected chi connectivity index (χ2v) is 11.6. The van der Waals surface area contributed by atoms with E-state index in [0.717, 1.165) is 58.4 Å².